The number of aryl methyl sites for hydroxylation is 1. The number of benzene rings is 2. The van der Waals surface area contributed by atoms with Crippen LogP contribution in [0.5, 0.6) is 0 Å². The van der Waals surface area contributed by atoms with Crippen molar-refractivity contribution in [3.8, 4) is 0 Å². The molecule has 0 aliphatic carbocycles. The topological polar surface area (TPSA) is 29.3 Å². The summed E-state index contributed by atoms with van der Waals surface area (Å²) in [5, 5.41) is 0. The molecule has 110 valence electrons. The number of halogens is 1. The number of nitrogens with two attached hydrogens (primary N) is 1. The van der Waals surface area contributed by atoms with Gasteiger partial charge in [0.05, 0.1) is 0 Å². The van der Waals surface area contributed by atoms with E-state index in [1.165, 1.54) is 30.2 Å². The van der Waals surface area contributed by atoms with Crippen LogP contribution in [0, 0.1) is 5.82 Å². The van der Waals surface area contributed by atoms with E-state index in [2.05, 4.69) is 29.2 Å². The first kappa shape index (κ1) is 14.1. The van der Waals surface area contributed by atoms with Gasteiger partial charge in [-0.1, -0.05) is 24.3 Å². The normalized spacial score (nSPS) is 14.7. The standard InChI is InChI=1S/C18H21FN2/c19-17-9-8-15(16(11-17)12-20)13-21-10-4-3-6-14-5-1-2-7-18(14)21/h1-2,5,7-9,11H,3-4,6,10,12-13,20H2. The number of para-hydroxylation sites is 1. The fourth-order valence-electron chi connectivity index (χ4n) is 3.08. The Morgan fingerprint density at radius 2 is 1.90 bits per heavy atom. The molecule has 2 nitrogen and oxygen atoms in total. The fraction of sp³-hybridized carbons (Fsp3) is 0.333. The molecular weight excluding hydrogens is 263 g/mol. The van der Waals surface area contributed by atoms with Gasteiger partial charge in [0.25, 0.3) is 0 Å². The summed E-state index contributed by atoms with van der Waals surface area (Å²) >= 11 is 0. The molecule has 0 radical (unpaired) electrons. The van der Waals surface area contributed by atoms with Crippen molar-refractivity contribution in [1.82, 2.24) is 0 Å². The van der Waals surface area contributed by atoms with Crippen molar-refractivity contribution < 1.29 is 4.39 Å². The Kier molecular flexibility index (Phi) is 4.20. The van der Waals surface area contributed by atoms with Gasteiger partial charge in [-0.2, -0.15) is 0 Å². The van der Waals surface area contributed by atoms with Crippen LogP contribution in [0.3, 0.4) is 0 Å². The molecule has 3 heteroatoms. The first-order chi connectivity index (χ1) is 10.3. The van der Waals surface area contributed by atoms with E-state index in [9.17, 15) is 4.39 Å². The van der Waals surface area contributed by atoms with Crippen LogP contribution in [0.2, 0.25) is 0 Å². The van der Waals surface area contributed by atoms with E-state index in [1.54, 1.807) is 6.07 Å². The molecule has 0 amide bonds. The SMILES string of the molecule is NCc1cc(F)ccc1CN1CCCCc2ccccc21. The van der Waals surface area contributed by atoms with Crippen LogP contribution in [0.25, 0.3) is 0 Å². The van der Waals surface area contributed by atoms with Crippen molar-refractivity contribution in [2.45, 2.75) is 32.4 Å². The summed E-state index contributed by atoms with van der Waals surface area (Å²) < 4.78 is 13.3. The molecule has 0 bridgehead atoms. The summed E-state index contributed by atoms with van der Waals surface area (Å²) in [7, 11) is 0. The van der Waals surface area contributed by atoms with E-state index < -0.39 is 0 Å². The molecule has 0 saturated carbocycles. The highest BCUT2D eigenvalue weighted by atomic mass is 19.1. The van der Waals surface area contributed by atoms with Gasteiger partial charge in [-0.15, -0.1) is 0 Å². The molecule has 0 fully saturated rings. The van der Waals surface area contributed by atoms with Crippen molar-refractivity contribution in [1.29, 1.82) is 0 Å². The number of anilines is 1. The van der Waals surface area contributed by atoms with Crippen molar-refractivity contribution in [3.63, 3.8) is 0 Å². The molecule has 1 aliphatic rings. The number of rotatable bonds is 3. The summed E-state index contributed by atoms with van der Waals surface area (Å²) in [5.41, 5.74) is 10.5. The molecule has 0 spiro atoms. The molecule has 0 atom stereocenters. The minimum Gasteiger partial charge on any atom is -0.367 e. The maximum atomic E-state index is 13.3. The molecule has 3 rings (SSSR count). The third-order valence-corrected chi connectivity index (χ3v) is 4.21. The van der Waals surface area contributed by atoms with Gasteiger partial charge in [0, 0.05) is 25.3 Å². The van der Waals surface area contributed by atoms with Crippen LogP contribution in [0.1, 0.15) is 29.5 Å². The minimum atomic E-state index is -0.213. The highest BCUT2D eigenvalue weighted by Crippen LogP contribution is 2.28. The molecule has 1 heterocycles. The molecule has 21 heavy (non-hydrogen) atoms. The van der Waals surface area contributed by atoms with Crippen molar-refractivity contribution in [2.24, 2.45) is 5.73 Å². The Hall–Kier alpha value is -1.87. The second-order valence-corrected chi connectivity index (χ2v) is 5.62. The monoisotopic (exact) mass is 284 g/mol. The first-order valence-corrected chi connectivity index (χ1v) is 7.58. The van der Waals surface area contributed by atoms with Gasteiger partial charge in [0.2, 0.25) is 0 Å². The molecular formula is C18H21FN2. The number of nitrogens with zero attached hydrogens (tertiary/aromatic N) is 1. The van der Waals surface area contributed by atoms with Crippen LogP contribution in [0.4, 0.5) is 10.1 Å². The van der Waals surface area contributed by atoms with Crippen molar-refractivity contribution in [3.05, 3.63) is 65.0 Å². The van der Waals surface area contributed by atoms with E-state index in [0.29, 0.717) is 6.54 Å². The predicted octanol–water partition coefficient (Wildman–Crippen LogP) is 3.63. The van der Waals surface area contributed by atoms with Gasteiger partial charge < -0.3 is 10.6 Å². The van der Waals surface area contributed by atoms with Crippen LogP contribution < -0.4 is 10.6 Å². The van der Waals surface area contributed by atoms with E-state index >= 15 is 0 Å². The Labute approximate surface area is 125 Å². The van der Waals surface area contributed by atoms with Gasteiger partial charge in [0.1, 0.15) is 5.82 Å². The van der Waals surface area contributed by atoms with Gasteiger partial charge in [0.15, 0.2) is 0 Å². The van der Waals surface area contributed by atoms with Gasteiger partial charge in [-0.25, -0.2) is 4.39 Å². The molecule has 0 unspecified atom stereocenters. The third-order valence-electron chi connectivity index (χ3n) is 4.21. The second kappa shape index (κ2) is 6.27. The molecule has 2 N–H and O–H groups in total. The van der Waals surface area contributed by atoms with Gasteiger partial charge in [-0.05, 0) is 54.2 Å². The maximum Gasteiger partial charge on any atom is 0.123 e. The number of fused-ring (bicyclic) bond motifs is 1. The molecule has 1 aliphatic heterocycles. The van der Waals surface area contributed by atoms with Crippen molar-refractivity contribution in [2.75, 3.05) is 11.4 Å². The van der Waals surface area contributed by atoms with Crippen LogP contribution >= 0.6 is 0 Å². The average molecular weight is 284 g/mol. The lowest BCUT2D eigenvalue weighted by Crippen LogP contribution is -2.24. The first-order valence-electron chi connectivity index (χ1n) is 7.58. The predicted molar refractivity (Wildman–Crippen MR) is 84.7 cm³/mol. The molecule has 0 aromatic heterocycles. The van der Waals surface area contributed by atoms with Crippen LogP contribution in [-0.4, -0.2) is 6.54 Å². The van der Waals surface area contributed by atoms with E-state index in [1.807, 2.05) is 6.07 Å². The quantitative estimate of drug-likeness (QED) is 0.932. The van der Waals surface area contributed by atoms with Gasteiger partial charge in [-0.3, -0.25) is 0 Å². The Bertz CT molecular complexity index is 624. The van der Waals surface area contributed by atoms with Crippen molar-refractivity contribution >= 4 is 5.69 Å². The Morgan fingerprint density at radius 3 is 2.76 bits per heavy atom. The zero-order valence-electron chi connectivity index (χ0n) is 12.2. The zero-order chi connectivity index (χ0) is 14.7. The lowest BCUT2D eigenvalue weighted by atomic mass is 10.1. The highest BCUT2D eigenvalue weighted by Gasteiger charge is 2.16. The number of hydrogen-bond donors (Lipinski definition) is 1. The van der Waals surface area contributed by atoms with Crippen LogP contribution in [0.15, 0.2) is 42.5 Å². The lowest BCUT2D eigenvalue weighted by molar-refractivity contribution is 0.623. The molecule has 0 saturated heterocycles. The average Bonchev–Trinajstić information content (AvgIpc) is 2.71. The summed E-state index contributed by atoms with van der Waals surface area (Å²) in [5.74, 6) is -0.213. The summed E-state index contributed by atoms with van der Waals surface area (Å²) in [4.78, 5) is 2.40. The molecule has 2 aromatic rings. The molecule has 2 aromatic carbocycles. The van der Waals surface area contributed by atoms with Crippen LogP contribution in [-0.2, 0) is 19.5 Å². The highest BCUT2D eigenvalue weighted by molar-refractivity contribution is 5.55. The maximum absolute atomic E-state index is 13.3. The summed E-state index contributed by atoms with van der Waals surface area (Å²) in [6.45, 7) is 2.21. The second-order valence-electron chi connectivity index (χ2n) is 5.62. The fourth-order valence-corrected chi connectivity index (χ4v) is 3.08. The summed E-state index contributed by atoms with van der Waals surface area (Å²) in [6.07, 6.45) is 3.55. The number of hydrogen-bond acceptors (Lipinski definition) is 2. The third kappa shape index (κ3) is 3.08. The van der Waals surface area contributed by atoms with E-state index in [0.717, 1.165) is 30.6 Å². The summed E-state index contributed by atoms with van der Waals surface area (Å²) in [6, 6.07) is 13.5. The van der Waals surface area contributed by atoms with E-state index in [-0.39, 0.29) is 5.82 Å². The Balaban J connectivity index is 1.91. The minimum absolute atomic E-state index is 0.213. The largest absolute Gasteiger partial charge is 0.367 e. The van der Waals surface area contributed by atoms with Gasteiger partial charge >= 0.3 is 0 Å². The lowest BCUT2D eigenvalue weighted by Gasteiger charge is -2.26. The smallest absolute Gasteiger partial charge is 0.123 e. The van der Waals surface area contributed by atoms with E-state index in [4.69, 9.17) is 5.73 Å². The zero-order valence-corrected chi connectivity index (χ0v) is 12.2. The Morgan fingerprint density at radius 1 is 1.05 bits per heavy atom.